The number of rotatable bonds is 3. The van der Waals surface area contributed by atoms with Crippen molar-refractivity contribution in [3.05, 3.63) is 22.9 Å². The van der Waals surface area contributed by atoms with E-state index in [1.165, 1.54) is 0 Å². The fraction of sp³-hybridized carbons (Fsp3) is 0.364. The van der Waals surface area contributed by atoms with E-state index in [0.717, 1.165) is 41.5 Å². The maximum Gasteiger partial charge on any atom is 0.169 e. The molecule has 0 saturated carbocycles. The molecule has 0 amide bonds. The second-order valence-electron chi connectivity index (χ2n) is 4.10. The summed E-state index contributed by atoms with van der Waals surface area (Å²) in [5, 5.41) is 13.9. The molecule has 0 bridgehead atoms. The van der Waals surface area contributed by atoms with Gasteiger partial charge in [-0.2, -0.15) is 5.10 Å². The molecule has 3 N–H and O–H groups in total. The Kier molecular flexibility index (Phi) is 2.90. The van der Waals surface area contributed by atoms with Crippen molar-refractivity contribution < 1.29 is 4.42 Å². The van der Waals surface area contributed by atoms with E-state index in [-0.39, 0.29) is 0 Å². The number of nitrogens with one attached hydrogen (secondary N) is 3. The summed E-state index contributed by atoms with van der Waals surface area (Å²) in [6.07, 6.45) is 1.13. The molecule has 1 aliphatic rings. The van der Waals surface area contributed by atoms with Crippen molar-refractivity contribution >= 4 is 21.7 Å². The Morgan fingerprint density at radius 3 is 3.12 bits per heavy atom. The van der Waals surface area contributed by atoms with Crippen molar-refractivity contribution in [1.82, 2.24) is 15.5 Å². The maximum absolute atomic E-state index is 5.46. The van der Waals surface area contributed by atoms with E-state index < -0.39 is 0 Å². The molecule has 6 heteroatoms. The van der Waals surface area contributed by atoms with Crippen LogP contribution in [0.2, 0.25) is 0 Å². The number of hydrogen-bond acceptors (Lipinski definition) is 4. The zero-order valence-electron chi connectivity index (χ0n) is 9.16. The molecule has 3 heterocycles. The molecule has 1 unspecified atom stereocenters. The van der Waals surface area contributed by atoms with Crippen LogP contribution in [-0.2, 0) is 0 Å². The lowest BCUT2D eigenvalue weighted by molar-refractivity contribution is 0.553. The highest BCUT2D eigenvalue weighted by atomic mass is 79.9. The number of aromatic nitrogens is 2. The van der Waals surface area contributed by atoms with E-state index >= 15 is 0 Å². The van der Waals surface area contributed by atoms with Crippen molar-refractivity contribution in [1.29, 1.82) is 0 Å². The molecular weight excluding hydrogens is 284 g/mol. The summed E-state index contributed by atoms with van der Waals surface area (Å²) in [6.45, 7) is 2.06. The van der Waals surface area contributed by atoms with Gasteiger partial charge in [0.05, 0.1) is 0 Å². The predicted octanol–water partition coefficient (Wildman–Crippen LogP) is 2.21. The number of H-pyrrole nitrogens is 1. The summed E-state index contributed by atoms with van der Waals surface area (Å²) in [4.78, 5) is 0. The van der Waals surface area contributed by atoms with Crippen molar-refractivity contribution in [2.75, 3.05) is 18.4 Å². The van der Waals surface area contributed by atoms with E-state index in [2.05, 4.69) is 36.8 Å². The lowest BCUT2D eigenvalue weighted by Gasteiger charge is -2.08. The Hall–Kier alpha value is -1.27. The average Bonchev–Trinajstić information content (AvgIpc) is 2.99. The monoisotopic (exact) mass is 296 g/mol. The summed E-state index contributed by atoms with van der Waals surface area (Å²) in [6, 6.07) is 6.20. The third-order valence-electron chi connectivity index (χ3n) is 2.83. The first-order valence-electron chi connectivity index (χ1n) is 5.59. The van der Waals surface area contributed by atoms with Gasteiger partial charge in [-0.25, -0.2) is 0 Å². The third-order valence-corrected chi connectivity index (χ3v) is 3.26. The van der Waals surface area contributed by atoms with E-state index in [9.17, 15) is 0 Å². The van der Waals surface area contributed by atoms with Gasteiger partial charge in [0.1, 0.15) is 11.5 Å². The van der Waals surface area contributed by atoms with Crippen molar-refractivity contribution in [2.24, 2.45) is 0 Å². The van der Waals surface area contributed by atoms with Crippen LogP contribution in [0.4, 0.5) is 5.82 Å². The van der Waals surface area contributed by atoms with E-state index in [4.69, 9.17) is 4.42 Å². The van der Waals surface area contributed by atoms with E-state index in [1.807, 2.05) is 18.2 Å². The van der Waals surface area contributed by atoms with Gasteiger partial charge in [0.25, 0.3) is 0 Å². The number of aromatic amines is 1. The Labute approximate surface area is 107 Å². The topological polar surface area (TPSA) is 65.9 Å². The summed E-state index contributed by atoms with van der Waals surface area (Å²) < 4.78 is 6.18. The first kappa shape index (κ1) is 10.9. The zero-order chi connectivity index (χ0) is 11.7. The molecule has 0 spiro atoms. The molecule has 1 fully saturated rings. The van der Waals surface area contributed by atoms with E-state index in [1.54, 1.807) is 0 Å². The second-order valence-corrected chi connectivity index (χ2v) is 4.89. The fourth-order valence-corrected chi connectivity index (χ4v) is 2.27. The molecule has 1 atom stereocenters. The van der Waals surface area contributed by atoms with Gasteiger partial charge in [0.2, 0.25) is 0 Å². The number of furan rings is 1. The molecule has 1 saturated heterocycles. The first-order chi connectivity index (χ1) is 8.31. The van der Waals surface area contributed by atoms with Crippen LogP contribution in [0.1, 0.15) is 6.42 Å². The Balaban J connectivity index is 1.73. The van der Waals surface area contributed by atoms with Crippen LogP contribution in [0.15, 0.2) is 27.3 Å². The lowest BCUT2D eigenvalue weighted by atomic mass is 10.2. The Morgan fingerprint density at radius 1 is 1.47 bits per heavy atom. The standard InChI is InChI=1S/C11H13BrN4O/c12-10-2-1-9(17-10)8-5-11(16-15-8)14-7-3-4-13-6-7/h1-2,5,7,13H,3-4,6H2,(H2,14,15,16). The lowest BCUT2D eigenvalue weighted by Crippen LogP contribution is -2.22. The summed E-state index contributed by atoms with van der Waals surface area (Å²) in [5.74, 6) is 1.64. The Morgan fingerprint density at radius 2 is 2.41 bits per heavy atom. The van der Waals surface area contributed by atoms with Gasteiger partial charge < -0.3 is 15.1 Å². The van der Waals surface area contributed by atoms with Crippen molar-refractivity contribution in [2.45, 2.75) is 12.5 Å². The van der Waals surface area contributed by atoms with Gasteiger partial charge in [-0.1, -0.05) is 0 Å². The number of hydrogen-bond donors (Lipinski definition) is 3. The minimum atomic E-state index is 0.467. The maximum atomic E-state index is 5.46. The molecular formula is C11H13BrN4O. The van der Waals surface area contributed by atoms with Gasteiger partial charge in [-0.15, -0.1) is 0 Å². The van der Waals surface area contributed by atoms with Crippen LogP contribution < -0.4 is 10.6 Å². The number of nitrogens with zero attached hydrogens (tertiary/aromatic N) is 1. The molecule has 0 aliphatic carbocycles. The van der Waals surface area contributed by atoms with Crippen LogP contribution in [0, 0.1) is 0 Å². The molecule has 0 radical (unpaired) electrons. The normalized spacial score (nSPS) is 19.7. The highest BCUT2D eigenvalue weighted by molar-refractivity contribution is 9.10. The largest absolute Gasteiger partial charge is 0.448 e. The number of anilines is 1. The predicted molar refractivity (Wildman–Crippen MR) is 68.9 cm³/mol. The minimum Gasteiger partial charge on any atom is -0.448 e. The molecule has 2 aromatic rings. The van der Waals surface area contributed by atoms with E-state index in [0.29, 0.717) is 6.04 Å². The highest BCUT2D eigenvalue weighted by Gasteiger charge is 2.15. The van der Waals surface area contributed by atoms with Crippen molar-refractivity contribution in [3.8, 4) is 11.5 Å². The minimum absolute atomic E-state index is 0.467. The molecule has 3 rings (SSSR count). The molecule has 90 valence electrons. The Bertz CT molecular complexity index is 501. The molecule has 0 aromatic carbocycles. The fourth-order valence-electron chi connectivity index (χ4n) is 1.97. The number of halogens is 1. The smallest absolute Gasteiger partial charge is 0.169 e. The van der Waals surface area contributed by atoms with Gasteiger partial charge in [0.15, 0.2) is 10.4 Å². The summed E-state index contributed by atoms with van der Waals surface area (Å²) in [7, 11) is 0. The highest BCUT2D eigenvalue weighted by Crippen LogP contribution is 2.25. The molecule has 5 nitrogen and oxygen atoms in total. The molecule has 17 heavy (non-hydrogen) atoms. The van der Waals surface area contributed by atoms with Gasteiger partial charge in [-0.3, -0.25) is 5.10 Å². The van der Waals surface area contributed by atoms with Gasteiger partial charge >= 0.3 is 0 Å². The van der Waals surface area contributed by atoms with Gasteiger partial charge in [0, 0.05) is 18.7 Å². The second kappa shape index (κ2) is 4.54. The van der Waals surface area contributed by atoms with Crippen LogP contribution >= 0.6 is 15.9 Å². The molecule has 2 aromatic heterocycles. The van der Waals surface area contributed by atoms with Crippen LogP contribution in [0.3, 0.4) is 0 Å². The third kappa shape index (κ3) is 2.37. The van der Waals surface area contributed by atoms with Crippen LogP contribution in [0.25, 0.3) is 11.5 Å². The summed E-state index contributed by atoms with van der Waals surface area (Å²) >= 11 is 3.28. The quantitative estimate of drug-likeness (QED) is 0.812. The van der Waals surface area contributed by atoms with Crippen LogP contribution in [0.5, 0.6) is 0 Å². The van der Waals surface area contributed by atoms with Gasteiger partial charge in [-0.05, 0) is 41.0 Å². The van der Waals surface area contributed by atoms with Crippen molar-refractivity contribution in [3.63, 3.8) is 0 Å². The molecule has 1 aliphatic heterocycles. The van der Waals surface area contributed by atoms with Crippen LogP contribution in [-0.4, -0.2) is 29.3 Å². The first-order valence-corrected chi connectivity index (χ1v) is 6.39. The SMILES string of the molecule is Brc1ccc(-c2cc(NC3CCNC3)n[nH]2)o1. The zero-order valence-corrected chi connectivity index (χ0v) is 10.8. The summed E-state index contributed by atoms with van der Waals surface area (Å²) in [5.41, 5.74) is 0.879. The average molecular weight is 297 g/mol.